The summed E-state index contributed by atoms with van der Waals surface area (Å²) in [6.45, 7) is 6.11. The molecule has 1 heterocycles. The van der Waals surface area contributed by atoms with Crippen LogP contribution in [0.5, 0.6) is 0 Å². The monoisotopic (exact) mass is 455 g/mol. The number of anilines is 2. The fourth-order valence-corrected chi connectivity index (χ4v) is 4.41. The molecule has 3 aromatic carbocycles. The molecule has 2 amide bonds. The standard InChI is InChI=1S/C29H33N3O2/c1-21-15-17-32(18-16-21)27-14-13-25(31-28(33)19-23-9-5-3-6-10-23)20-26(27)29(34)30-22(2)24-11-7-4-8-12-24/h3-14,20-22H,15-19H2,1-2H3,(H,30,34)(H,31,33). The van der Waals surface area contributed by atoms with E-state index in [1.54, 1.807) is 0 Å². The average molecular weight is 456 g/mol. The van der Waals surface area contributed by atoms with E-state index < -0.39 is 0 Å². The summed E-state index contributed by atoms with van der Waals surface area (Å²) >= 11 is 0. The minimum Gasteiger partial charge on any atom is -0.371 e. The number of carbonyl (C=O) groups excluding carboxylic acids is 2. The van der Waals surface area contributed by atoms with Gasteiger partial charge in [0.2, 0.25) is 5.91 Å². The number of hydrogen-bond acceptors (Lipinski definition) is 3. The molecule has 0 bridgehead atoms. The number of amides is 2. The molecule has 176 valence electrons. The topological polar surface area (TPSA) is 61.4 Å². The molecule has 1 atom stereocenters. The Hall–Kier alpha value is -3.60. The molecule has 1 saturated heterocycles. The number of rotatable bonds is 7. The third-order valence-corrected chi connectivity index (χ3v) is 6.50. The van der Waals surface area contributed by atoms with E-state index in [4.69, 9.17) is 0 Å². The lowest BCUT2D eigenvalue weighted by Crippen LogP contribution is -2.35. The van der Waals surface area contributed by atoms with Crippen LogP contribution in [0.25, 0.3) is 0 Å². The quantitative estimate of drug-likeness (QED) is 0.488. The first kappa shape index (κ1) is 23.6. The molecule has 1 unspecified atom stereocenters. The second kappa shape index (κ2) is 11.0. The minimum absolute atomic E-state index is 0.102. The Balaban J connectivity index is 1.55. The van der Waals surface area contributed by atoms with Crippen molar-refractivity contribution in [3.8, 4) is 0 Å². The van der Waals surface area contributed by atoms with Gasteiger partial charge in [0.25, 0.3) is 5.91 Å². The predicted molar refractivity (Wildman–Crippen MR) is 138 cm³/mol. The molecule has 0 saturated carbocycles. The van der Waals surface area contributed by atoms with Crippen molar-refractivity contribution in [1.29, 1.82) is 0 Å². The molecule has 3 aromatic rings. The van der Waals surface area contributed by atoms with Crippen molar-refractivity contribution in [2.24, 2.45) is 5.92 Å². The molecule has 1 aliphatic heterocycles. The van der Waals surface area contributed by atoms with Gasteiger partial charge in [0.05, 0.1) is 18.0 Å². The van der Waals surface area contributed by atoms with Crippen LogP contribution in [-0.4, -0.2) is 24.9 Å². The summed E-state index contributed by atoms with van der Waals surface area (Å²) in [7, 11) is 0. The van der Waals surface area contributed by atoms with Crippen molar-refractivity contribution < 1.29 is 9.59 Å². The van der Waals surface area contributed by atoms with E-state index in [-0.39, 0.29) is 17.9 Å². The molecule has 0 aliphatic carbocycles. The summed E-state index contributed by atoms with van der Waals surface area (Å²) in [5.41, 5.74) is 4.15. The number of piperidine rings is 1. The van der Waals surface area contributed by atoms with E-state index in [9.17, 15) is 9.59 Å². The van der Waals surface area contributed by atoms with Crippen molar-refractivity contribution in [2.45, 2.75) is 39.2 Å². The lowest BCUT2D eigenvalue weighted by atomic mass is 9.97. The fourth-order valence-electron chi connectivity index (χ4n) is 4.41. The number of nitrogens with one attached hydrogen (secondary N) is 2. The highest BCUT2D eigenvalue weighted by Crippen LogP contribution is 2.29. The van der Waals surface area contributed by atoms with Gasteiger partial charge in [-0.25, -0.2) is 0 Å². The van der Waals surface area contributed by atoms with Crippen LogP contribution in [0, 0.1) is 5.92 Å². The van der Waals surface area contributed by atoms with Gasteiger partial charge in [-0.1, -0.05) is 67.6 Å². The maximum Gasteiger partial charge on any atom is 0.253 e. The average Bonchev–Trinajstić information content (AvgIpc) is 2.85. The normalized spacial score (nSPS) is 14.9. The van der Waals surface area contributed by atoms with Crippen LogP contribution < -0.4 is 15.5 Å². The number of hydrogen-bond donors (Lipinski definition) is 2. The van der Waals surface area contributed by atoms with Gasteiger partial charge < -0.3 is 15.5 Å². The van der Waals surface area contributed by atoms with Gasteiger partial charge in [0.1, 0.15) is 0 Å². The summed E-state index contributed by atoms with van der Waals surface area (Å²) in [6, 6.07) is 25.1. The highest BCUT2D eigenvalue weighted by molar-refractivity contribution is 6.02. The van der Waals surface area contributed by atoms with E-state index in [0.29, 0.717) is 23.6 Å². The molecule has 5 heteroatoms. The highest BCUT2D eigenvalue weighted by atomic mass is 16.2. The predicted octanol–water partition coefficient (Wildman–Crippen LogP) is 5.60. The molecular formula is C29H33N3O2. The van der Waals surface area contributed by atoms with E-state index >= 15 is 0 Å². The fraction of sp³-hybridized carbons (Fsp3) is 0.310. The zero-order chi connectivity index (χ0) is 23.9. The SMILES string of the molecule is CC1CCN(c2ccc(NC(=O)Cc3ccccc3)cc2C(=O)NC(C)c2ccccc2)CC1. The molecule has 1 fully saturated rings. The molecule has 0 radical (unpaired) electrons. The van der Waals surface area contributed by atoms with Crippen LogP contribution in [-0.2, 0) is 11.2 Å². The lowest BCUT2D eigenvalue weighted by molar-refractivity contribution is -0.115. The Kier molecular flexibility index (Phi) is 7.63. The van der Waals surface area contributed by atoms with E-state index in [1.807, 2.05) is 85.8 Å². The molecule has 34 heavy (non-hydrogen) atoms. The Morgan fingerprint density at radius 1 is 0.941 bits per heavy atom. The van der Waals surface area contributed by atoms with Gasteiger partial charge in [-0.2, -0.15) is 0 Å². The van der Waals surface area contributed by atoms with Gasteiger partial charge in [-0.3, -0.25) is 9.59 Å². The maximum atomic E-state index is 13.4. The van der Waals surface area contributed by atoms with Crippen molar-refractivity contribution in [3.63, 3.8) is 0 Å². The number of benzene rings is 3. The summed E-state index contributed by atoms with van der Waals surface area (Å²) in [6.07, 6.45) is 2.51. The number of nitrogens with zero attached hydrogens (tertiary/aromatic N) is 1. The van der Waals surface area contributed by atoms with E-state index in [0.717, 1.165) is 42.7 Å². The molecule has 2 N–H and O–H groups in total. The lowest BCUT2D eigenvalue weighted by Gasteiger charge is -2.33. The summed E-state index contributed by atoms with van der Waals surface area (Å²) in [5, 5.41) is 6.11. The molecule has 5 nitrogen and oxygen atoms in total. The molecule has 1 aliphatic rings. The Morgan fingerprint density at radius 2 is 1.59 bits per heavy atom. The summed E-state index contributed by atoms with van der Waals surface area (Å²) in [4.78, 5) is 28.4. The zero-order valence-electron chi connectivity index (χ0n) is 20.0. The van der Waals surface area contributed by atoms with Crippen LogP contribution in [0.15, 0.2) is 78.9 Å². The minimum atomic E-state index is -0.135. The Labute approximate surface area is 202 Å². The van der Waals surface area contributed by atoms with Gasteiger partial charge in [0.15, 0.2) is 0 Å². The smallest absolute Gasteiger partial charge is 0.253 e. The first-order valence-electron chi connectivity index (χ1n) is 12.1. The third kappa shape index (κ3) is 6.04. The summed E-state index contributed by atoms with van der Waals surface area (Å²) in [5.74, 6) is 0.460. The molecule has 4 rings (SSSR count). The first-order valence-corrected chi connectivity index (χ1v) is 12.1. The second-order valence-corrected chi connectivity index (χ2v) is 9.22. The zero-order valence-corrected chi connectivity index (χ0v) is 20.0. The van der Waals surface area contributed by atoms with E-state index in [1.165, 1.54) is 0 Å². The van der Waals surface area contributed by atoms with Crippen molar-refractivity contribution >= 4 is 23.2 Å². The summed E-state index contributed by atoms with van der Waals surface area (Å²) < 4.78 is 0. The van der Waals surface area contributed by atoms with Crippen molar-refractivity contribution in [1.82, 2.24) is 5.32 Å². The van der Waals surface area contributed by atoms with Crippen LogP contribution in [0.2, 0.25) is 0 Å². The second-order valence-electron chi connectivity index (χ2n) is 9.22. The van der Waals surface area contributed by atoms with Gasteiger partial charge >= 0.3 is 0 Å². The third-order valence-electron chi connectivity index (χ3n) is 6.50. The van der Waals surface area contributed by atoms with Crippen LogP contribution in [0.1, 0.15) is 54.2 Å². The first-order chi connectivity index (χ1) is 16.5. The molecule has 0 aromatic heterocycles. The largest absolute Gasteiger partial charge is 0.371 e. The van der Waals surface area contributed by atoms with Crippen molar-refractivity contribution in [2.75, 3.05) is 23.3 Å². The van der Waals surface area contributed by atoms with Gasteiger partial charge in [-0.15, -0.1) is 0 Å². The Morgan fingerprint density at radius 3 is 2.26 bits per heavy atom. The van der Waals surface area contributed by atoms with Crippen molar-refractivity contribution in [3.05, 3.63) is 95.6 Å². The highest BCUT2D eigenvalue weighted by Gasteiger charge is 2.23. The van der Waals surface area contributed by atoms with Crippen LogP contribution in [0.4, 0.5) is 11.4 Å². The van der Waals surface area contributed by atoms with Crippen LogP contribution in [0.3, 0.4) is 0 Å². The maximum absolute atomic E-state index is 13.4. The van der Waals surface area contributed by atoms with E-state index in [2.05, 4.69) is 22.5 Å². The van der Waals surface area contributed by atoms with Gasteiger partial charge in [0, 0.05) is 24.5 Å². The molecule has 0 spiro atoms. The molecular weight excluding hydrogens is 422 g/mol. The van der Waals surface area contributed by atoms with Gasteiger partial charge in [-0.05, 0) is 55.0 Å². The number of carbonyl (C=O) groups is 2. The van der Waals surface area contributed by atoms with Crippen LogP contribution >= 0.6 is 0 Å². The Bertz CT molecular complexity index is 1110.